The van der Waals surface area contributed by atoms with Crippen molar-refractivity contribution >= 4 is 21.6 Å². The molecule has 0 atom stereocenters. The van der Waals surface area contributed by atoms with Gasteiger partial charge in [0.15, 0.2) is 0 Å². The molecule has 0 aliphatic rings. The minimum atomic E-state index is -0.276. The molecule has 0 unspecified atom stereocenters. The van der Waals surface area contributed by atoms with Crippen molar-refractivity contribution in [2.75, 3.05) is 5.73 Å². The lowest BCUT2D eigenvalue weighted by Gasteiger charge is -2.13. The number of aryl methyl sites for hydroxylation is 2. The minimum absolute atomic E-state index is 0.276. The standard InChI is InChI=1S/C15H15BrFNO/c1-9-5-10(2)15(14(18)6-9)19-8-11-3-4-12(17)7-13(11)16/h3-7H,8,18H2,1-2H3. The molecule has 0 spiro atoms. The molecule has 0 bridgehead atoms. The van der Waals surface area contributed by atoms with Crippen molar-refractivity contribution in [1.29, 1.82) is 0 Å². The van der Waals surface area contributed by atoms with Crippen molar-refractivity contribution in [3.05, 3.63) is 57.3 Å². The molecule has 2 rings (SSSR count). The van der Waals surface area contributed by atoms with Crippen LogP contribution in [0.1, 0.15) is 16.7 Å². The fourth-order valence-electron chi connectivity index (χ4n) is 1.97. The molecule has 0 heterocycles. The lowest BCUT2D eigenvalue weighted by Crippen LogP contribution is -2.02. The second-order valence-electron chi connectivity index (χ2n) is 4.52. The Balaban J connectivity index is 2.19. The van der Waals surface area contributed by atoms with E-state index in [1.807, 2.05) is 26.0 Å². The zero-order chi connectivity index (χ0) is 14.0. The van der Waals surface area contributed by atoms with Gasteiger partial charge in [0.1, 0.15) is 18.2 Å². The summed E-state index contributed by atoms with van der Waals surface area (Å²) in [6, 6.07) is 8.42. The number of halogens is 2. The third-order valence-electron chi connectivity index (χ3n) is 2.83. The van der Waals surface area contributed by atoms with Crippen LogP contribution < -0.4 is 10.5 Å². The van der Waals surface area contributed by atoms with Gasteiger partial charge in [-0.3, -0.25) is 0 Å². The monoisotopic (exact) mass is 323 g/mol. The van der Waals surface area contributed by atoms with Crippen molar-refractivity contribution in [2.45, 2.75) is 20.5 Å². The van der Waals surface area contributed by atoms with Crippen molar-refractivity contribution in [3.63, 3.8) is 0 Å². The normalized spacial score (nSPS) is 10.5. The van der Waals surface area contributed by atoms with Gasteiger partial charge in [0.2, 0.25) is 0 Å². The largest absolute Gasteiger partial charge is 0.486 e. The maximum Gasteiger partial charge on any atom is 0.145 e. The van der Waals surface area contributed by atoms with E-state index in [9.17, 15) is 4.39 Å². The van der Waals surface area contributed by atoms with Crippen LogP contribution in [0, 0.1) is 19.7 Å². The summed E-state index contributed by atoms with van der Waals surface area (Å²) in [7, 11) is 0. The molecule has 0 amide bonds. The summed E-state index contributed by atoms with van der Waals surface area (Å²) >= 11 is 3.32. The summed E-state index contributed by atoms with van der Waals surface area (Å²) in [6.45, 7) is 4.29. The lowest BCUT2D eigenvalue weighted by molar-refractivity contribution is 0.305. The van der Waals surface area contributed by atoms with Crippen molar-refractivity contribution < 1.29 is 9.13 Å². The Morgan fingerprint density at radius 2 is 1.95 bits per heavy atom. The molecule has 0 aromatic heterocycles. The van der Waals surface area contributed by atoms with E-state index in [4.69, 9.17) is 10.5 Å². The smallest absolute Gasteiger partial charge is 0.145 e. The van der Waals surface area contributed by atoms with Gasteiger partial charge < -0.3 is 10.5 Å². The quantitative estimate of drug-likeness (QED) is 0.851. The van der Waals surface area contributed by atoms with Crippen LogP contribution in [-0.4, -0.2) is 0 Å². The lowest BCUT2D eigenvalue weighted by atomic mass is 10.1. The highest BCUT2D eigenvalue weighted by Gasteiger charge is 2.08. The molecule has 2 aromatic rings. The molecule has 2 N–H and O–H groups in total. The second kappa shape index (κ2) is 5.61. The van der Waals surface area contributed by atoms with Gasteiger partial charge >= 0.3 is 0 Å². The predicted octanol–water partition coefficient (Wildman–Crippen LogP) is 4.37. The second-order valence-corrected chi connectivity index (χ2v) is 5.38. The Morgan fingerprint density at radius 3 is 2.58 bits per heavy atom. The molecule has 2 aromatic carbocycles. The van der Waals surface area contributed by atoms with Gasteiger partial charge in [-0.2, -0.15) is 0 Å². The summed E-state index contributed by atoms with van der Waals surface area (Å²) in [6.07, 6.45) is 0. The van der Waals surface area contributed by atoms with Crippen LogP contribution >= 0.6 is 15.9 Å². The summed E-state index contributed by atoms with van der Waals surface area (Å²) in [5, 5.41) is 0. The van der Waals surface area contributed by atoms with Crippen LogP contribution in [0.4, 0.5) is 10.1 Å². The molecule has 0 aliphatic carbocycles. The Labute approximate surface area is 120 Å². The Morgan fingerprint density at radius 1 is 1.21 bits per heavy atom. The first-order valence-corrected chi connectivity index (χ1v) is 6.70. The molecule has 100 valence electrons. The average molecular weight is 324 g/mol. The first kappa shape index (κ1) is 13.9. The maximum absolute atomic E-state index is 13.0. The summed E-state index contributed by atoms with van der Waals surface area (Å²) in [4.78, 5) is 0. The molecular weight excluding hydrogens is 309 g/mol. The zero-order valence-corrected chi connectivity index (χ0v) is 12.4. The highest BCUT2D eigenvalue weighted by atomic mass is 79.9. The van der Waals surface area contributed by atoms with Gasteiger partial charge in [-0.25, -0.2) is 4.39 Å². The average Bonchev–Trinajstić information content (AvgIpc) is 2.30. The van der Waals surface area contributed by atoms with E-state index in [-0.39, 0.29) is 5.82 Å². The van der Waals surface area contributed by atoms with Crippen molar-refractivity contribution in [3.8, 4) is 5.75 Å². The summed E-state index contributed by atoms with van der Waals surface area (Å²) in [5.74, 6) is 0.406. The Hall–Kier alpha value is -1.55. The molecule has 4 heteroatoms. The number of hydrogen-bond acceptors (Lipinski definition) is 2. The molecule has 0 radical (unpaired) electrons. The first-order valence-electron chi connectivity index (χ1n) is 5.91. The fourth-order valence-corrected chi connectivity index (χ4v) is 2.44. The van der Waals surface area contributed by atoms with Crippen LogP contribution in [0.3, 0.4) is 0 Å². The Bertz CT molecular complexity index is 590. The summed E-state index contributed by atoms with van der Waals surface area (Å²) < 4.78 is 19.4. The zero-order valence-electron chi connectivity index (χ0n) is 10.8. The number of benzene rings is 2. The van der Waals surface area contributed by atoms with Gasteiger partial charge in [-0.15, -0.1) is 0 Å². The SMILES string of the molecule is Cc1cc(C)c(OCc2ccc(F)cc2Br)c(N)c1. The van der Waals surface area contributed by atoms with E-state index in [1.165, 1.54) is 12.1 Å². The number of anilines is 1. The predicted molar refractivity (Wildman–Crippen MR) is 78.8 cm³/mol. The number of nitrogen functional groups attached to an aromatic ring is 1. The van der Waals surface area contributed by atoms with Crippen molar-refractivity contribution in [1.82, 2.24) is 0 Å². The first-order chi connectivity index (χ1) is 8.97. The molecule has 0 fully saturated rings. The molecule has 0 saturated heterocycles. The van der Waals surface area contributed by atoms with Gasteiger partial charge in [-0.05, 0) is 43.2 Å². The summed E-state index contributed by atoms with van der Waals surface area (Å²) in [5.41, 5.74) is 9.55. The van der Waals surface area contributed by atoms with E-state index >= 15 is 0 Å². The van der Waals surface area contributed by atoms with Crippen LogP contribution in [0.25, 0.3) is 0 Å². The topological polar surface area (TPSA) is 35.2 Å². The van der Waals surface area contributed by atoms with E-state index < -0.39 is 0 Å². The van der Waals surface area contributed by atoms with Gasteiger partial charge in [0.25, 0.3) is 0 Å². The molecule has 0 aliphatic heterocycles. The van der Waals surface area contributed by atoms with Crippen LogP contribution in [0.2, 0.25) is 0 Å². The van der Waals surface area contributed by atoms with Crippen LogP contribution in [0.5, 0.6) is 5.75 Å². The van der Waals surface area contributed by atoms with Crippen LogP contribution in [-0.2, 0) is 6.61 Å². The minimum Gasteiger partial charge on any atom is -0.486 e. The Kier molecular flexibility index (Phi) is 4.10. The molecule has 0 saturated carbocycles. The van der Waals surface area contributed by atoms with Gasteiger partial charge in [0, 0.05) is 10.0 Å². The van der Waals surface area contributed by atoms with Gasteiger partial charge in [0.05, 0.1) is 5.69 Å². The molecule has 2 nitrogen and oxygen atoms in total. The highest BCUT2D eigenvalue weighted by molar-refractivity contribution is 9.10. The third-order valence-corrected chi connectivity index (χ3v) is 3.57. The number of ether oxygens (including phenoxy) is 1. The van der Waals surface area contributed by atoms with Crippen LogP contribution in [0.15, 0.2) is 34.8 Å². The van der Waals surface area contributed by atoms with Crippen molar-refractivity contribution in [2.24, 2.45) is 0 Å². The third kappa shape index (κ3) is 3.26. The molecular formula is C15H15BrFNO. The fraction of sp³-hybridized carbons (Fsp3) is 0.200. The van der Waals surface area contributed by atoms with E-state index in [2.05, 4.69) is 15.9 Å². The van der Waals surface area contributed by atoms with E-state index in [0.29, 0.717) is 22.5 Å². The maximum atomic E-state index is 13.0. The van der Waals surface area contributed by atoms with E-state index in [0.717, 1.165) is 16.7 Å². The number of rotatable bonds is 3. The highest BCUT2D eigenvalue weighted by Crippen LogP contribution is 2.29. The van der Waals surface area contributed by atoms with Gasteiger partial charge in [-0.1, -0.05) is 28.1 Å². The number of nitrogens with two attached hydrogens (primary N) is 1. The molecule has 19 heavy (non-hydrogen) atoms. The number of hydrogen-bond donors (Lipinski definition) is 1. The van der Waals surface area contributed by atoms with E-state index in [1.54, 1.807) is 6.07 Å².